The number of carbonyl (C=O) groups is 3. The number of hydrogen-bond donors (Lipinski definition) is 0. The van der Waals surface area contributed by atoms with Gasteiger partial charge < -0.3 is 14.2 Å². The predicted molar refractivity (Wildman–Crippen MR) is 61.1 cm³/mol. The van der Waals surface area contributed by atoms with Crippen molar-refractivity contribution >= 4 is 18.2 Å². The topological polar surface area (TPSA) is 78.9 Å². The zero-order valence-corrected chi connectivity index (χ0v) is 10.2. The summed E-state index contributed by atoms with van der Waals surface area (Å²) < 4.78 is 14.0. The van der Waals surface area contributed by atoms with Crippen LogP contribution in [0.25, 0.3) is 0 Å². The fourth-order valence-corrected chi connectivity index (χ4v) is 1.43. The van der Waals surface area contributed by atoms with Crippen LogP contribution in [0.2, 0.25) is 0 Å². The monoisotopic (exact) mass is 252 g/mol. The summed E-state index contributed by atoms with van der Waals surface area (Å²) in [5.41, 5.74) is -0.186. The summed E-state index contributed by atoms with van der Waals surface area (Å²) in [6, 6.07) is 2.64. The summed E-state index contributed by atoms with van der Waals surface area (Å²) in [5, 5.41) is 0. The van der Waals surface area contributed by atoms with Crippen LogP contribution < -0.4 is 4.74 Å². The number of hydrogen-bond acceptors (Lipinski definition) is 6. The minimum atomic E-state index is -0.735. The standard InChI is InChI=1S/C12H12O6/c1-16-7-4-8(11(14)17-2)10(6-13)9(5-7)12(15)18-3/h4-6H,1-3H3. The van der Waals surface area contributed by atoms with Crippen molar-refractivity contribution in [2.75, 3.05) is 21.3 Å². The highest BCUT2D eigenvalue weighted by atomic mass is 16.5. The van der Waals surface area contributed by atoms with E-state index in [2.05, 4.69) is 9.47 Å². The van der Waals surface area contributed by atoms with Gasteiger partial charge in [0, 0.05) is 5.56 Å². The van der Waals surface area contributed by atoms with Gasteiger partial charge in [-0.15, -0.1) is 0 Å². The first-order valence-electron chi connectivity index (χ1n) is 4.92. The van der Waals surface area contributed by atoms with Gasteiger partial charge in [0.05, 0.1) is 32.5 Å². The molecule has 96 valence electrons. The van der Waals surface area contributed by atoms with Crippen molar-refractivity contribution in [3.05, 3.63) is 28.8 Å². The number of carbonyl (C=O) groups excluding carboxylic acids is 3. The maximum Gasteiger partial charge on any atom is 0.338 e. The third-order valence-electron chi connectivity index (χ3n) is 2.32. The Morgan fingerprint density at radius 1 is 1.00 bits per heavy atom. The van der Waals surface area contributed by atoms with Gasteiger partial charge in [0.15, 0.2) is 6.29 Å². The largest absolute Gasteiger partial charge is 0.497 e. The predicted octanol–water partition coefficient (Wildman–Crippen LogP) is 1.08. The molecule has 0 radical (unpaired) electrons. The first-order chi connectivity index (χ1) is 8.58. The van der Waals surface area contributed by atoms with E-state index in [0.29, 0.717) is 6.29 Å². The molecule has 18 heavy (non-hydrogen) atoms. The molecular formula is C12H12O6. The Labute approximate surface area is 103 Å². The van der Waals surface area contributed by atoms with Crippen molar-refractivity contribution in [1.82, 2.24) is 0 Å². The molecule has 0 saturated heterocycles. The zero-order chi connectivity index (χ0) is 13.7. The molecule has 0 saturated carbocycles. The number of rotatable bonds is 4. The summed E-state index contributed by atoms with van der Waals surface area (Å²) in [4.78, 5) is 34.1. The van der Waals surface area contributed by atoms with Crippen LogP contribution in [0.4, 0.5) is 0 Å². The molecule has 0 bridgehead atoms. The van der Waals surface area contributed by atoms with E-state index in [1.807, 2.05) is 0 Å². The van der Waals surface area contributed by atoms with Gasteiger partial charge in [-0.3, -0.25) is 4.79 Å². The lowest BCUT2D eigenvalue weighted by molar-refractivity contribution is 0.0593. The van der Waals surface area contributed by atoms with Gasteiger partial charge >= 0.3 is 11.9 Å². The first-order valence-corrected chi connectivity index (χ1v) is 4.92. The van der Waals surface area contributed by atoms with Crippen LogP contribution in [-0.2, 0) is 9.47 Å². The highest BCUT2D eigenvalue weighted by molar-refractivity contribution is 6.06. The van der Waals surface area contributed by atoms with E-state index in [1.54, 1.807) is 0 Å². The second-order valence-corrected chi connectivity index (χ2v) is 3.24. The minimum Gasteiger partial charge on any atom is -0.497 e. The molecule has 0 N–H and O–H groups in total. The molecule has 1 aromatic carbocycles. The van der Waals surface area contributed by atoms with Crippen LogP contribution in [0.1, 0.15) is 31.1 Å². The van der Waals surface area contributed by atoms with E-state index < -0.39 is 11.9 Å². The van der Waals surface area contributed by atoms with E-state index in [9.17, 15) is 14.4 Å². The number of aldehydes is 1. The molecule has 1 rings (SSSR count). The van der Waals surface area contributed by atoms with E-state index >= 15 is 0 Å². The molecule has 0 atom stereocenters. The Morgan fingerprint density at radius 3 is 1.72 bits per heavy atom. The molecule has 0 aromatic heterocycles. The van der Waals surface area contributed by atoms with Crippen LogP contribution in [0.5, 0.6) is 5.75 Å². The van der Waals surface area contributed by atoms with Gasteiger partial charge in [-0.2, -0.15) is 0 Å². The van der Waals surface area contributed by atoms with Crippen molar-refractivity contribution in [3.63, 3.8) is 0 Å². The first kappa shape index (κ1) is 13.7. The Morgan fingerprint density at radius 2 is 1.44 bits per heavy atom. The highest BCUT2D eigenvalue weighted by Crippen LogP contribution is 2.23. The minimum absolute atomic E-state index is 0.0488. The number of ether oxygens (including phenoxy) is 3. The van der Waals surface area contributed by atoms with Crippen molar-refractivity contribution in [2.45, 2.75) is 0 Å². The molecule has 0 aliphatic rings. The fraction of sp³-hybridized carbons (Fsp3) is 0.250. The molecular weight excluding hydrogens is 240 g/mol. The lowest BCUT2D eigenvalue weighted by Crippen LogP contribution is -2.13. The van der Waals surface area contributed by atoms with Gasteiger partial charge in [-0.05, 0) is 12.1 Å². The molecule has 0 fully saturated rings. The molecule has 6 heteroatoms. The Kier molecular flexibility index (Phi) is 4.42. The summed E-state index contributed by atoms with van der Waals surface area (Å²) >= 11 is 0. The van der Waals surface area contributed by atoms with E-state index in [1.165, 1.54) is 33.5 Å². The fourth-order valence-electron chi connectivity index (χ4n) is 1.43. The number of methoxy groups -OCH3 is 3. The van der Waals surface area contributed by atoms with Crippen LogP contribution in [0.3, 0.4) is 0 Å². The van der Waals surface area contributed by atoms with Crippen molar-refractivity contribution < 1.29 is 28.6 Å². The SMILES string of the molecule is COC(=O)c1cc(OC)cc(C(=O)OC)c1C=O. The van der Waals surface area contributed by atoms with Gasteiger partial charge in [0.1, 0.15) is 5.75 Å². The molecule has 0 spiro atoms. The second-order valence-electron chi connectivity index (χ2n) is 3.24. The normalized spacial score (nSPS) is 9.50. The Balaban J connectivity index is 3.54. The molecule has 6 nitrogen and oxygen atoms in total. The molecule has 0 unspecified atom stereocenters. The van der Waals surface area contributed by atoms with Crippen LogP contribution in [-0.4, -0.2) is 39.6 Å². The Bertz CT molecular complexity index is 454. The van der Waals surface area contributed by atoms with Crippen molar-refractivity contribution in [2.24, 2.45) is 0 Å². The molecule has 1 aromatic rings. The van der Waals surface area contributed by atoms with Crippen molar-refractivity contribution in [3.8, 4) is 5.75 Å². The average Bonchev–Trinajstić information content (AvgIpc) is 2.43. The maximum atomic E-state index is 11.5. The second kappa shape index (κ2) is 5.81. The van der Waals surface area contributed by atoms with Crippen LogP contribution >= 0.6 is 0 Å². The van der Waals surface area contributed by atoms with Gasteiger partial charge in [-0.1, -0.05) is 0 Å². The van der Waals surface area contributed by atoms with E-state index in [4.69, 9.17) is 4.74 Å². The van der Waals surface area contributed by atoms with Crippen LogP contribution in [0.15, 0.2) is 12.1 Å². The van der Waals surface area contributed by atoms with Gasteiger partial charge in [0.25, 0.3) is 0 Å². The third kappa shape index (κ3) is 2.48. The highest BCUT2D eigenvalue weighted by Gasteiger charge is 2.21. The molecule has 0 aliphatic carbocycles. The summed E-state index contributed by atoms with van der Waals surface area (Å²) in [6.07, 6.45) is 0.401. The van der Waals surface area contributed by atoms with Crippen molar-refractivity contribution in [1.29, 1.82) is 0 Å². The lowest BCUT2D eigenvalue weighted by atomic mass is 10.0. The molecule has 0 amide bonds. The van der Waals surface area contributed by atoms with E-state index in [-0.39, 0.29) is 22.4 Å². The quantitative estimate of drug-likeness (QED) is 0.589. The molecule has 0 heterocycles. The van der Waals surface area contributed by atoms with Gasteiger partial charge in [0.2, 0.25) is 0 Å². The maximum absolute atomic E-state index is 11.5. The zero-order valence-electron chi connectivity index (χ0n) is 10.2. The summed E-state index contributed by atoms with van der Waals surface area (Å²) in [5.74, 6) is -1.22. The Hall–Kier alpha value is -2.37. The average molecular weight is 252 g/mol. The summed E-state index contributed by atoms with van der Waals surface area (Å²) in [6.45, 7) is 0. The smallest absolute Gasteiger partial charge is 0.338 e. The number of esters is 2. The number of benzene rings is 1. The summed E-state index contributed by atoms with van der Waals surface area (Å²) in [7, 11) is 3.72. The lowest BCUT2D eigenvalue weighted by Gasteiger charge is -2.10. The molecule has 0 aliphatic heterocycles. The third-order valence-corrected chi connectivity index (χ3v) is 2.32. The van der Waals surface area contributed by atoms with Gasteiger partial charge in [-0.25, -0.2) is 9.59 Å². The van der Waals surface area contributed by atoms with Crippen LogP contribution in [0, 0.1) is 0 Å². The van der Waals surface area contributed by atoms with E-state index in [0.717, 1.165) is 0 Å².